The number of carbonyl (C=O) groups is 1. The molecule has 0 aromatic carbocycles. The van der Waals surface area contributed by atoms with Crippen molar-refractivity contribution in [2.45, 2.75) is 77.4 Å². The Balaban J connectivity index is 1.72. The molecule has 0 bridgehead atoms. The largest absolute Gasteiger partial charge is 0.460 e. The Morgan fingerprint density at radius 1 is 1.09 bits per heavy atom. The van der Waals surface area contributed by atoms with Gasteiger partial charge in [0.2, 0.25) is 0 Å². The quantitative estimate of drug-likeness (QED) is 0.809. The molecule has 4 nitrogen and oxygen atoms in total. The third-order valence-corrected chi connectivity index (χ3v) is 5.00. The molecule has 1 saturated carbocycles. The van der Waals surface area contributed by atoms with E-state index >= 15 is 0 Å². The Bertz CT molecular complexity index is 347. The average Bonchev–Trinajstić information content (AvgIpc) is 2.46. The van der Waals surface area contributed by atoms with Gasteiger partial charge >= 0.3 is 5.97 Å². The molecular weight excluding hydrogens is 280 g/mol. The summed E-state index contributed by atoms with van der Waals surface area (Å²) in [7, 11) is 0. The maximum absolute atomic E-state index is 11.9. The number of carbonyl (C=O) groups excluding carboxylic acids is 1. The van der Waals surface area contributed by atoms with E-state index in [0.29, 0.717) is 24.2 Å². The van der Waals surface area contributed by atoms with Crippen molar-refractivity contribution in [2.24, 2.45) is 17.8 Å². The van der Waals surface area contributed by atoms with Gasteiger partial charge in [-0.1, -0.05) is 0 Å². The molecule has 1 N–H and O–H groups in total. The number of aliphatic hydroxyl groups excluding tert-OH is 1. The number of hydrogen-bond donors (Lipinski definition) is 1. The van der Waals surface area contributed by atoms with Crippen LogP contribution in [0.25, 0.3) is 0 Å². The van der Waals surface area contributed by atoms with Crippen molar-refractivity contribution < 1.29 is 19.4 Å². The molecule has 2 rings (SSSR count). The minimum atomic E-state index is -0.395. The highest BCUT2D eigenvalue weighted by Gasteiger charge is 2.33. The molecule has 0 amide bonds. The molecule has 1 aliphatic carbocycles. The molecule has 1 aliphatic heterocycles. The number of aliphatic hydroxyl groups is 1. The minimum absolute atomic E-state index is 0.0825. The fraction of sp³-hybridized carbons (Fsp3) is 0.944. The first-order chi connectivity index (χ1) is 10.3. The van der Waals surface area contributed by atoms with E-state index in [-0.39, 0.29) is 12.1 Å². The summed E-state index contributed by atoms with van der Waals surface area (Å²) in [6.45, 7) is 7.30. The summed E-state index contributed by atoms with van der Waals surface area (Å²) in [5.41, 5.74) is -0.395. The van der Waals surface area contributed by atoms with Crippen LogP contribution in [0.1, 0.15) is 65.7 Å². The first-order valence-corrected chi connectivity index (χ1v) is 8.83. The predicted molar refractivity (Wildman–Crippen MR) is 85.5 cm³/mol. The summed E-state index contributed by atoms with van der Waals surface area (Å²) in [6, 6.07) is 0. The number of esters is 1. The van der Waals surface area contributed by atoms with E-state index < -0.39 is 5.60 Å². The highest BCUT2D eigenvalue weighted by atomic mass is 16.6. The maximum atomic E-state index is 11.9. The molecule has 0 radical (unpaired) electrons. The van der Waals surface area contributed by atoms with E-state index in [1.807, 2.05) is 20.8 Å². The summed E-state index contributed by atoms with van der Waals surface area (Å²) in [5.74, 6) is 1.15. The molecule has 0 spiro atoms. The summed E-state index contributed by atoms with van der Waals surface area (Å²) in [6.07, 6.45) is 6.44. The lowest BCUT2D eigenvalue weighted by Gasteiger charge is -2.36. The zero-order valence-electron chi connectivity index (χ0n) is 14.3. The lowest BCUT2D eigenvalue weighted by Crippen LogP contribution is -2.35. The summed E-state index contributed by atoms with van der Waals surface area (Å²) >= 11 is 0. The smallest absolute Gasteiger partial charge is 0.306 e. The van der Waals surface area contributed by atoms with Crippen molar-refractivity contribution in [3.8, 4) is 0 Å². The van der Waals surface area contributed by atoms with Gasteiger partial charge in [0.25, 0.3) is 0 Å². The third kappa shape index (κ3) is 5.54. The Morgan fingerprint density at radius 2 is 1.64 bits per heavy atom. The van der Waals surface area contributed by atoms with Crippen molar-refractivity contribution in [3.63, 3.8) is 0 Å². The van der Waals surface area contributed by atoms with Gasteiger partial charge in [-0.3, -0.25) is 4.79 Å². The zero-order valence-corrected chi connectivity index (χ0v) is 14.3. The standard InChI is InChI=1S/C18H32O4/c1-18(2,3)22-16(19)12-13-4-6-14(7-5-13)17(20)15-8-10-21-11-9-15/h13-15,17,20H,4-12H2,1-3H3. The van der Waals surface area contributed by atoms with Gasteiger partial charge in [-0.15, -0.1) is 0 Å². The monoisotopic (exact) mass is 312 g/mol. The Kier molecular flexibility index (Phi) is 6.27. The van der Waals surface area contributed by atoms with E-state index in [0.717, 1.165) is 51.7 Å². The summed E-state index contributed by atoms with van der Waals surface area (Å²) < 4.78 is 10.8. The Labute approximate surface area is 134 Å². The molecule has 128 valence electrons. The van der Waals surface area contributed by atoms with Crippen molar-refractivity contribution >= 4 is 5.97 Å². The zero-order chi connectivity index (χ0) is 16.2. The summed E-state index contributed by atoms with van der Waals surface area (Å²) in [5, 5.41) is 10.6. The van der Waals surface area contributed by atoms with Crippen LogP contribution in [-0.4, -0.2) is 36.0 Å². The first kappa shape index (κ1) is 17.7. The lowest BCUT2D eigenvalue weighted by atomic mass is 9.74. The van der Waals surface area contributed by atoms with Crippen LogP contribution in [0, 0.1) is 17.8 Å². The van der Waals surface area contributed by atoms with Gasteiger partial charge in [0.05, 0.1) is 6.10 Å². The van der Waals surface area contributed by atoms with E-state index in [1.54, 1.807) is 0 Å². The second-order valence-electron chi connectivity index (χ2n) is 8.01. The van der Waals surface area contributed by atoms with Crippen molar-refractivity contribution in [3.05, 3.63) is 0 Å². The number of rotatable bonds is 4. The van der Waals surface area contributed by atoms with E-state index in [1.165, 1.54) is 0 Å². The van der Waals surface area contributed by atoms with E-state index in [2.05, 4.69) is 0 Å². The highest BCUT2D eigenvalue weighted by molar-refractivity contribution is 5.70. The van der Waals surface area contributed by atoms with Gasteiger partial charge in [-0.25, -0.2) is 0 Å². The first-order valence-electron chi connectivity index (χ1n) is 8.83. The van der Waals surface area contributed by atoms with Gasteiger partial charge in [-0.2, -0.15) is 0 Å². The van der Waals surface area contributed by atoms with Crippen LogP contribution >= 0.6 is 0 Å². The average molecular weight is 312 g/mol. The molecule has 1 atom stereocenters. The van der Waals surface area contributed by atoms with Gasteiger partial charge in [-0.05, 0) is 77.0 Å². The van der Waals surface area contributed by atoms with Crippen LogP contribution in [0.3, 0.4) is 0 Å². The molecule has 2 fully saturated rings. The van der Waals surface area contributed by atoms with E-state index in [4.69, 9.17) is 9.47 Å². The van der Waals surface area contributed by atoms with Crippen LogP contribution in [0.15, 0.2) is 0 Å². The molecule has 1 saturated heterocycles. The fourth-order valence-electron chi connectivity index (χ4n) is 3.79. The SMILES string of the molecule is CC(C)(C)OC(=O)CC1CCC(C(O)C2CCOCC2)CC1. The van der Waals surface area contributed by atoms with Crippen LogP contribution in [0.4, 0.5) is 0 Å². The van der Waals surface area contributed by atoms with E-state index in [9.17, 15) is 9.90 Å². The number of ether oxygens (including phenoxy) is 2. The van der Waals surface area contributed by atoms with Gasteiger partial charge in [0, 0.05) is 19.6 Å². The topological polar surface area (TPSA) is 55.8 Å². The van der Waals surface area contributed by atoms with Crippen LogP contribution < -0.4 is 0 Å². The van der Waals surface area contributed by atoms with Crippen LogP contribution in [0.5, 0.6) is 0 Å². The predicted octanol–water partition coefficient (Wildman–Crippen LogP) is 3.31. The molecule has 0 aromatic heterocycles. The van der Waals surface area contributed by atoms with Crippen molar-refractivity contribution in [1.29, 1.82) is 0 Å². The second-order valence-corrected chi connectivity index (χ2v) is 8.01. The third-order valence-electron chi connectivity index (χ3n) is 5.00. The van der Waals surface area contributed by atoms with Crippen molar-refractivity contribution in [2.75, 3.05) is 13.2 Å². The molecule has 4 heteroatoms. The summed E-state index contributed by atoms with van der Waals surface area (Å²) in [4.78, 5) is 11.9. The molecular formula is C18H32O4. The maximum Gasteiger partial charge on any atom is 0.306 e. The molecule has 1 unspecified atom stereocenters. The highest BCUT2D eigenvalue weighted by Crippen LogP contribution is 2.36. The van der Waals surface area contributed by atoms with Gasteiger partial charge < -0.3 is 14.6 Å². The Morgan fingerprint density at radius 3 is 2.18 bits per heavy atom. The molecule has 1 heterocycles. The van der Waals surface area contributed by atoms with Crippen LogP contribution in [-0.2, 0) is 14.3 Å². The second kappa shape index (κ2) is 7.78. The van der Waals surface area contributed by atoms with Crippen molar-refractivity contribution in [1.82, 2.24) is 0 Å². The van der Waals surface area contributed by atoms with Gasteiger partial charge in [0.1, 0.15) is 5.60 Å². The molecule has 0 aromatic rings. The molecule has 2 aliphatic rings. The lowest BCUT2D eigenvalue weighted by molar-refractivity contribution is -0.156. The number of hydrogen-bond acceptors (Lipinski definition) is 4. The molecule has 22 heavy (non-hydrogen) atoms. The Hall–Kier alpha value is -0.610. The minimum Gasteiger partial charge on any atom is -0.460 e. The van der Waals surface area contributed by atoms with Crippen LogP contribution in [0.2, 0.25) is 0 Å². The normalized spacial score (nSPS) is 29.1. The van der Waals surface area contributed by atoms with Gasteiger partial charge in [0.15, 0.2) is 0 Å². The fourth-order valence-corrected chi connectivity index (χ4v) is 3.79.